The smallest absolute Gasteiger partial charge is 0.0743 e. The predicted molar refractivity (Wildman–Crippen MR) is 66.2 cm³/mol. The van der Waals surface area contributed by atoms with Crippen molar-refractivity contribution in [2.75, 3.05) is 32.7 Å². The second-order valence-electron chi connectivity index (χ2n) is 4.45. The van der Waals surface area contributed by atoms with Gasteiger partial charge in [0.1, 0.15) is 0 Å². The van der Waals surface area contributed by atoms with Crippen molar-refractivity contribution in [1.82, 2.24) is 10.2 Å². The summed E-state index contributed by atoms with van der Waals surface area (Å²) in [5.74, 6) is 0. The van der Waals surface area contributed by atoms with Gasteiger partial charge in [-0.15, -0.1) is 0 Å². The van der Waals surface area contributed by atoms with E-state index >= 15 is 0 Å². The Morgan fingerprint density at radius 1 is 1.20 bits per heavy atom. The van der Waals surface area contributed by atoms with E-state index in [0.29, 0.717) is 6.54 Å². The standard InChI is InChI=1S/C12H28N2O/c1-5-8-12(4,15)11-13-9-10-14(6-2)7-3/h13,15H,5-11H2,1-4H3. The second-order valence-corrected chi connectivity index (χ2v) is 4.45. The zero-order valence-electron chi connectivity index (χ0n) is 10.8. The van der Waals surface area contributed by atoms with E-state index in [1.807, 2.05) is 6.92 Å². The Balaban J connectivity index is 3.52. The topological polar surface area (TPSA) is 35.5 Å². The molecule has 0 amide bonds. The molecule has 0 rings (SSSR count). The quantitative estimate of drug-likeness (QED) is 0.573. The summed E-state index contributed by atoms with van der Waals surface area (Å²) < 4.78 is 0. The Morgan fingerprint density at radius 3 is 2.27 bits per heavy atom. The molecule has 0 aliphatic carbocycles. The van der Waals surface area contributed by atoms with Crippen molar-refractivity contribution >= 4 is 0 Å². The lowest BCUT2D eigenvalue weighted by Crippen LogP contribution is -2.41. The first-order chi connectivity index (χ1) is 7.05. The Morgan fingerprint density at radius 2 is 1.80 bits per heavy atom. The highest BCUT2D eigenvalue weighted by Gasteiger charge is 2.17. The van der Waals surface area contributed by atoms with Crippen LogP contribution in [0.2, 0.25) is 0 Å². The van der Waals surface area contributed by atoms with Crippen LogP contribution in [0.3, 0.4) is 0 Å². The van der Waals surface area contributed by atoms with E-state index < -0.39 is 5.60 Å². The number of rotatable bonds is 9. The second kappa shape index (κ2) is 8.08. The van der Waals surface area contributed by atoms with Gasteiger partial charge in [-0.2, -0.15) is 0 Å². The molecule has 0 fully saturated rings. The predicted octanol–water partition coefficient (Wildman–Crippen LogP) is 1.47. The molecule has 2 N–H and O–H groups in total. The van der Waals surface area contributed by atoms with Crippen LogP contribution in [-0.4, -0.2) is 48.3 Å². The fourth-order valence-electron chi connectivity index (χ4n) is 1.76. The molecule has 1 unspecified atom stereocenters. The molecule has 1 atom stereocenters. The van der Waals surface area contributed by atoms with Crippen LogP contribution in [0.25, 0.3) is 0 Å². The van der Waals surface area contributed by atoms with Crippen LogP contribution in [0.4, 0.5) is 0 Å². The maximum atomic E-state index is 9.92. The largest absolute Gasteiger partial charge is 0.389 e. The van der Waals surface area contributed by atoms with E-state index in [0.717, 1.165) is 39.0 Å². The van der Waals surface area contributed by atoms with Gasteiger partial charge in [0.25, 0.3) is 0 Å². The SMILES string of the molecule is CCCC(C)(O)CNCCN(CC)CC. The first kappa shape index (κ1) is 14.9. The zero-order chi connectivity index (χ0) is 11.7. The minimum Gasteiger partial charge on any atom is -0.389 e. The van der Waals surface area contributed by atoms with E-state index in [1.165, 1.54) is 0 Å². The monoisotopic (exact) mass is 216 g/mol. The summed E-state index contributed by atoms with van der Waals surface area (Å²) in [5.41, 5.74) is -0.544. The van der Waals surface area contributed by atoms with Crippen LogP contribution in [0.1, 0.15) is 40.5 Å². The molecule has 0 saturated heterocycles. The minimum absolute atomic E-state index is 0.544. The first-order valence-electron chi connectivity index (χ1n) is 6.21. The van der Waals surface area contributed by atoms with Crippen LogP contribution in [0.5, 0.6) is 0 Å². The van der Waals surface area contributed by atoms with Gasteiger partial charge in [-0.3, -0.25) is 0 Å². The van der Waals surface area contributed by atoms with Gasteiger partial charge in [-0.1, -0.05) is 27.2 Å². The third-order valence-corrected chi connectivity index (χ3v) is 2.79. The van der Waals surface area contributed by atoms with Crippen LogP contribution in [0.15, 0.2) is 0 Å². The first-order valence-corrected chi connectivity index (χ1v) is 6.21. The number of aliphatic hydroxyl groups is 1. The molecule has 0 aliphatic rings. The summed E-state index contributed by atoms with van der Waals surface area (Å²) >= 11 is 0. The molecule has 3 heteroatoms. The van der Waals surface area contributed by atoms with Gasteiger partial charge in [0.15, 0.2) is 0 Å². The summed E-state index contributed by atoms with van der Waals surface area (Å²) in [7, 11) is 0. The Labute approximate surface area is 94.9 Å². The van der Waals surface area contributed by atoms with Gasteiger partial charge in [0, 0.05) is 19.6 Å². The van der Waals surface area contributed by atoms with E-state index in [2.05, 4.69) is 31.0 Å². The Hall–Kier alpha value is -0.120. The highest BCUT2D eigenvalue weighted by atomic mass is 16.3. The molecule has 15 heavy (non-hydrogen) atoms. The van der Waals surface area contributed by atoms with Crippen LogP contribution < -0.4 is 5.32 Å². The average molecular weight is 216 g/mol. The van der Waals surface area contributed by atoms with Crippen molar-refractivity contribution in [2.45, 2.75) is 46.1 Å². The molecule has 0 aromatic carbocycles. The number of nitrogens with one attached hydrogen (secondary N) is 1. The zero-order valence-corrected chi connectivity index (χ0v) is 10.8. The molecule has 3 nitrogen and oxygen atoms in total. The molecule has 0 saturated carbocycles. The van der Waals surface area contributed by atoms with E-state index in [9.17, 15) is 5.11 Å². The van der Waals surface area contributed by atoms with Gasteiger partial charge in [-0.25, -0.2) is 0 Å². The van der Waals surface area contributed by atoms with Gasteiger partial charge in [0.2, 0.25) is 0 Å². The third-order valence-electron chi connectivity index (χ3n) is 2.79. The number of hydrogen-bond acceptors (Lipinski definition) is 3. The highest BCUT2D eigenvalue weighted by molar-refractivity contribution is 4.74. The molecule has 0 aliphatic heterocycles. The van der Waals surface area contributed by atoms with Gasteiger partial charge >= 0.3 is 0 Å². The van der Waals surface area contributed by atoms with Crippen molar-refractivity contribution in [2.24, 2.45) is 0 Å². The molecular formula is C12H28N2O. The average Bonchev–Trinajstić information content (AvgIpc) is 2.18. The summed E-state index contributed by atoms with van der Waals surface area (Å²) in [5, 5.41) is 13.2. The Kier molecular flexibility index (Phi) is 8.02. The van der Waals surface area contributed by atoms with E-state index in [-0.39, 0.29) is 0 Å². The minimum atomic E-state index is -0.544. The fourth-order valence-corrected chi connectivity index (χ4v) is 1.76. The fraction of sp³-hybridized carbons (Fsp3) is 1.00. The maximum absolute atomic E-state index is 9.92. The third kappa shape index (κ3) is 7.77. The molecule has 0 bridgehead atoms. The lowest BCUT2D eigenvalue weighted by molar-refractivity contribution is 0.0496. The maximum Gasteiger partial charge on any atom is 0.0743 e. The van der Waals surface area contributed by atoms with Gasteiger partial charge in [-0.05, 0) is 26.4 Å². The molecule has 0 aromatic heterocycles. The van der Waals surface area contributed by atoms with Crippen LogP contribution in [0, 0.1) is 0 Å². The normalized spacial score (nSPS) is 15.6. The number of nitrogens with zero attached hydrogens (tertiary/aromatic N) is 1. The lowest BCUT2D eigenvalue weighted by atomic mass is 10.0. The van der Waals surface area contributed by atoms with E-state index in [1.54, 1.807) is 0 Å². The summed E-state index contributed by atoms with van der Waals surface area (Å²) in [4.78, 5) is 2.38. The van der Waals surface area contributed by atoms with Gasteiger partial charge < -0.3 is 15.3 Å². The highest BCUT2D eigenvalue weighted by Crippen LogP contribution is 2.09. The van der Waals surface area contributed by atoms with Crippen molar-refractivity contribution in [1.29, 1.82) is 0 Å². The van der Waals surface area contributed by atoms with Crippen molar-refractivity contribution in [3.8, 4) is 0 Å². The summed E-state index contributed by atoms with van der Waals surface area (Å²) in [6.07, 6.45) is 1.90. The summed E-state index contributed by atoms with van der Waals surface area (Å²) in [6.45, 7) is 13.3. The summed E-state index contributed by atoms with van der Waals surface area (Å²) in [6, 6.07) is 0. The molecule has 92 valence electrons. The Bertz CT molecular complexity index is 145. The van der Waals surface area contributed by atoms with Gasteiger partial charge in [0.05, 0.1) is 5.60 Å². The molecule has 0 radical (unpaired) electrons. The van der Waals surface area contributed by atoms with Crippen LogP contribution >= 0.6 is 0 Å². The molecule has 0 spiro atoms. The molecular weight excluding hydrogens is 188 g/mol. The number of hydrogen-bond donors (Lipinski definition) is 2. The molecule has 0 aromatic rings. The van der Waals surface area contributed by atoms with Crippen molar-refractivity contribution in [3.05, 3.63) is 0 Å². The number of likely N-dealkylation sites (N-methyl/N-ethyl adjacent to an activating group) is 1. The van der Waals surface area contributed by atoms with Crippen molar-refractivity contribution < 1.29 is 5.11 Å². The van der Waals surface area contributed by atoms with Crippen molar-refractivity contribution in [3.63, 3.8) is 0 Å². The van der Waals surface area contributed by atoms with Crippen LogP contribution in [-0.2, 0) is 0 Å². The molecule has 0 heterocycles. The van der Waals surface area contributed by atoms with E-state index in [4.69, 9.17) is 0 Å². The lowest BCUT2D eigenvalue weighted by Gasteiger charge is -2.24.